The minimum atomic E-state index is 0.596. The fourth-order valence-electron chi connectivity index (χ4n) is 1.39. The first-order chi connectivity index (χ1) is 6.72. The van der Waals surface area contributed by atoms with E-state index >= 15 is 0 Å². The van der Waals surface area contributed by atoms with Crippen LogP contribution in [0.15, 0.2) is 0 Å². The van der Waals surface area contributed by atoms with Gasteiger partial charge in [-0.05, 0) is 36.8 Å². The standard InChI is InChI=1S/C11H24ClNS/c1-4-14-9-5-8-13-11(6-7-12)10(2)3/h10-11,13H,4-9H2,1-3H3. The summed E-state index contributed by atoms with van der Waals surface area (Å²) in [5, 5.41) is 3.58. The minimum Gasteiger partial charge on any atom is -0.314 e. The summed E-state index contributed by atoms with van der Waals surface area (Å²) >= 11 is 7.77. The monoisotopic (exact) mass is 237 g/mol. The Hall–Kier alpha value is 0.600. The first-order valence-electron chi connectivity index (χ1n) is 5.59. The molecular formula is C11H24ClNS. The number of nitrogens with one attached hydrogen (secondary N) is 1. The van der Waals surface area contributed by atoms with E-state index in [1.54, 1.807) is 0 Å². The highest BCUT2D eigenvalue weighted by Gasteiger charge is 2.10. The van der Waals surface area contributed by atoms with Gasteiger partial charge in [0.25, 0.3) is 0 Å². The molecule has 0 aromatic carbocycles. The van der Waals surface area contributed by atoms with Gasteiger partial charge in [-0.2, -0.15) is 11.8 Å². The number of hydrogen-bond donors (Lipinski definition) is 1. The molecule has 0 heterocycles. The lowest BCUT2D eigenvalue weighted by Gasteiger charge is -2.21. The molecule has 0 rings (SSSR count). The second-order valence-corrected chi connectivity index (χ2v) is 5.60. The van der Waals surface area contributed by atoms with Crippen molar-refractivity contribution in [2.24, 2.45) is 5.92 Å². The molecule has 0 fully saturated rings. The molecule has 3 heteroatoms. The summed E-state index contributed by atoms with van der Waals surface area (Å²) in [7, 11) is 0. The summed E-state index contributed by atoms with van der Waals surface area (Å²) in [6, 6.07) is 0.596. The molecule has 0 aromatic rings. The number of halogens is 1. The number of rotatable bonds is 9. The van der Waals surface area contributed by atoms with Crippen molar-refractivity contribution in [3.05, 3.63) is 0 Å². The van der Waals surface area contributed by atoms with Crippen LogP contribution in [0, 0.1) is 5.92 Å². The summed E-state index contributed by atoms with van der Waals surface area (Å²) < 4.78 is 0. The van der Waals surface area contributed by atoms with Crippen LogP contribution in [0.2, 0.25) is 0 Å². The van der Waals surface area contributed by atoms with Crippen LogP contribution in [0.5, 0.6) is 0 Å². The smallest absolute Gasteiger partial charge is 0.0238 e. The van der Waals surface area contributed by atoms with Crippen LogP contribution in [-0.2, 0) is 0 Å². The maximum absolute atomic E-state index is 5.76. The van der Waals surface area contributed by atoms with E-state index in [2.05, 4.69) is 26.1 Å². The van der Waals surface area contributed by atoms with Crippen molar-refractivity contribution in [2.75, 3.05) is 23.9 Å². The molecule has 0 bridgehead atoms. The highest BCUT2D eigenvalue weighted by Crippen LogP contribution is 2.07. The third-order valence-electron chi connectivity index (χ3n) is 2.30. The van der Waals surface area contributed by atoms with E-state index in [-0.39, 0.29) is 0 Å². The Balaban J connectivity index is 3.41. The van der Waals surface area contributed by atoms with Crippen molar-refractivity contribution < 1.29 is 0 Å². The molecule has 14 heavy (non-hydrogen) atoms. The van der Waals surface area contributed by atoms with Gasteiger partial charge in [-0.25, -0.2) is 0 Å². The average Bonchev–Trinajstić information content (AvgIpc) is 2.15. The zero-order valence-electron chi connectivity index (χ0n) is 9.68. The van der Waals surface area contributed by atoms with Gasteiger partial charge in [0.15, 0.2) is 0 Å². The average molecular weight is 238 g/mol. The minimum absolute atomic E-state index is 0.596. The fourth-order valence-corrected chi connectivity index (χ4v) is 2.27. The molecule has 0 aliphatic heterocycles. The van der Waals surface area contributed by atoms with Gasteiger partial charge < -0.3 is 5.32 Å². The lowest BCUT2D eigenvalue weighted by molar-refractivity contribution is 0.392. The van der Waals surface area contributed by atoms with Crippen LogP contribution >= 0.6 is 23.4 Å². The van der Waals surface area contributed by atoms with Gasteiger partial charge in [0.05, 0.1) is 0 Å². The van der Waals surface area contributed by atoms with Gasteiger partial charge in [-0.3, -0.25) is 0 Å². The SMILES string of the molecule is CCSCCCNC(CCCl)C(C)C. The molecule has 1 atom stereocenters. The van der Waals surface area contributed by atoms with Crippen molar-refractivity contribution in [2.45, 2.75) is 39.7 Å². The van der Waals surface area contributed by atoms with E-state index in [9.17, 15) is 0 Å². The molecule has 1 unspecified atom stereocenters. The summed E-state index contributed by atoms with van der Waals surface area (Å²) in [4.78, 5) is 0. The van der Waals surface area contributed by atoms with Crippen molar-refractivity contribution >= 4 is 23.4 Å². The lowest BCUT2D eigenvalue weighted by atomic mass is 10.0. The molecule has 0 aromatic heterocycles. The fraction of sp³-hybridized carbons (Fsp3) is 1.00. The second-order valence-electron chi connectivity index (χ2n) is 3.83. The van der Waals surface area contributed by atoms with Crippen molar-refractivity contribution in [1.82, 2.24) is 5.32 Å². The van der Waals surface area contributed by atoms with E-state index < -0.39 is 0 Å². The van der Waals surface area contributed by atoms with Crippen LogP contribution in [-0.4, -0.2) is 30.0 Å². The van der Waals surface area contributed by atoms with Crippen molar-refractivity contribution in [3.8, 4) is 0 Å². The predicted octanol–water partition coefficient (Wildman–Crippen LogP) is 3.37. The Morgan fingerprint density at radius 3 is 2.57 bits per heavy atom. The Kier molecular flexibility index (Phi) is 10.6. The molecule has 1 N–H and O–H groups in total. The van der Waals surface area contributed by atoms with E-state index in [0.29, 0.717) is 12.0 Å². The summed E-state index contributed by atoms with van der Waals surface area (Å²) in [6.45, 7) is 7.85. The predicted molar refractivity (Wildman–Crippen MR) is 69.6 cm³/mol. The third kappa shape index (κ3) is 7.95. The Morgan fingerprint density at radius 2 is 2.07 bits per heavy atom. The van der Waals surface area contributed by atoms with E-state index in [0.717, 1.165) is 18.8 Å². The largest absolute Gasteiger partial charge is 0.314 e. The van der Waals surface area contributed by atoms with Crippen LogP contribution in [0.3, 0.4) is 0 Å². The molecule has 0 saturated carbocycles. The van der Waals surface area contributed by atoms with Crippen LogP contribution in [0.25, 0.3) is 0 Å². The molecule has 0 radical (unpaired) electrons. The van der Waals surface area contributed by atoms with E-state index in [4.69, 9.17) is 11.6 Å². The Labute approximate surface area is 98.4 Å². The van der Waals surface area contributed by atoms with Crippen LogP contribution < -0.4 is 5.32 Å². The topological polar surface area (TPSA) is 12.0 Å². The van der Waals surface area contributed by atoms with Crippen molar-refractivity contribution in [3.63, 3.8) is 0 Å². The third-order valence-corrected chi connectivity index (χ3v) is 3.50. The molecule has 0 saturated heterocycles. The first kappa shape index (κ1) is 14.6. The first-order valence-corrected chi connectivity index (χ1v) is 7.28. The Morgan fingerprint density at radius 1 is 1.36 bits per heavy atom. The molecule has 0 amide bonds. The molecule has 0 spiro atoms. The number of thioether (sulfide) groups is 1. The summed E-state index contributed by atoms with van der Waals surface area (Å²) in [5.41, 5.74) is 0. The molecule has 0 aliphatic carbocycles. The quantitative estimate of drug-likeness (QED) is 0.488. The van der Waals surface area contributed by atoms with Gasteiger partial charge in [-0.1, -0.05) is 20.8 Å². The maximum atomic E-state index is 5.76. The maximum Gasteiger partial charge on any atom is 0.0238 e. The second kappa shape index (κ2) is 10.1. The molecule has 0 aliphatic rings. The lowest BCUT2D eigenvalue weighted by Crippen LogP contribution is -2.35. The van der Waals surface area contributed by atoms with Gasteiger partial charge in [0.1, 0.15) is 0 Å². The Bertz CT molecular complexity index is 120. The molecule has 1 nitrogen and oxygen atoms in total. The van der Waals surface area contributed by atoms with E-state index in [1.165, 1.54) is 17.9 Å². The normalized spacial score (nSPS) is 13.5. The zero-order valence-corrected chi connectivity index (χ0v) is 11.3. The zero-order chi connectivity index (χ0) is 10.8. The highest BCUT2D eigenvalue weighted by molar-refractivity contribution is 7.99. The summed E-state index contributed by atoms with van der Waals surface area (Å²) in [6.07, 6.45) is 2.35. The number of hydrogen-bond acceptors (Lipinski definition) is 2. The molecule has 86 valence electrons. The van der Waals surface area contributed by atoms with E-state index in [1.807, 2.05) is 11.8 Å². The summed E-state index contributed by atoms with van der Waals surface area (Å²) in [5.74, 6) is 3.96. The van der Waals surface area contributed by atoms with Gasteiger partial charge in [0.2, 0.25) is 0 Å². The van der Waals surface area contributed by atoms with Gasteiger partial charge in [0, 0.05) is 11.9 Å². The van der Waals surface area contributed by atoms with Crippen molar-refractivity contribution in [1.29, 1.82) is 0 Å². The van der Waals surface area contributed by atoms with Gasteiger partial charge in [-0.15, -0.1) is 11.6 Å². The molecular weight excluding hydrogens is 214 g/mol. The van der Waals surface area contributed by atoms with Crippen LogP contribution in [0.1, 0.15) is 33.6 Å². The van der Waals surface area contributed by atoms with Gasteiger partial charge >= 0.3 is 0 Å². The van der Waals surface area contributed by atoms with Crippen LogP contribution in [0.4, 0.5) is 0 Å². The number of alkyl halides is 1. The highest BCUT2D eigenvalue weighted by atomic mass is 35.5.